The molecule has 0 fully saturated rings. The molecule has 0 N–H and O–H groups in total. The van der Waals surface area contributed by atoms with Crippen molar-refractivity contribution in [2.24, 2.45) is 0 Å². The molecule has 2 rings (SSSR count). The van der Waals surface area contributed by atoms with Gasteiger partial charge in [0.25, 0.3) is 0 Å². The molecule has 1 aromatic heterocycles. The van der Waals surface area contributed by atoms with E-state index in [-0.39, 0.29) is 5.12 Å². The monoisotopic (exact) mass is 254 g/mol. The predicted octanol–water partition coefficient (Wildman–Crippen LogP) is 2.32. The fourth-order valence-electron chi connectivity index (χ4n) is 1.46. The van der Waals surface area contributed by atoms with Gasteiger partial charge in [-0.25, -0.2) is 4.98 Å². The Bertz CT molecular complexity index is 430. The zero-order chi connectivity index (χ0) is 11.5. The zero-order valence-electron chi connectivity index (χ0n) is 8.81. The number of nitrogens with zero attached hydrogens (tertiary/aromatic N) is 2. The van der Waals surface area contributed by atoms with Crippen LogP contribution in [-0.2, 0) is 11.3 Å². The molecule has 0 aromatic carbocycles. The Morgan fingerprint density at radius 3 is 2.94 bits per heavy atom. The van der Waals surface area contributed by atoms with Crippen molar-refractivity contribution in [3.8, 4) is 0 Å². The molecule has 3 nitrogen and oxygen atoms in total. The van der Waals surface area contributed by atoms with Crippen LogP contribution in [0, 0.1) is 0 Å². The third-order valence-corrected chi connectivity index (χ3v) is 3.41. The van der Waals surface area contributed by atoms with Gasteiger partial charge >= 0.3 is 0 Å². The van der Waals surface area contributed by atoms with Gasteiger partial charge in [0.05, 0.1) is 0 Å². The number of rotatable bonds is 3. The van der Waals surface area contributed by atoms with Gasteiger partial charge in [-0.1, -0.05) is 29.4 Å². The summed E-state index contributed by atoms with van der Waals surface area (Å²) in [6.45, 7) is 0.740. The molecule has 1 aromatic rings. The molecule has 84 valence electrons. The number of carbonyl (C=O) groups excluding carboxylic acids is 1. The summed E-state index contributed by atoms with van der Waals surface area (Å²) in [6, 6.07) is 3.71. The number of hydrogen-bond donors (Lipinski definition) is 0. The summed E-state index contributed by atoms with van der Waals surface area (Å²) in [5, 5.41) is 0.633. The van der Waals surface area contributed by atoms with E-state index in [4.69, 9.17) is 11.6 Å². The van der Waals surface area contributed by atoms with Crippen LogP contribution >= 0.6 is 23.4 Å². The van der Waals surface area contributed by atoms with E-state index in [0.717, 1.165) is 23.6 Å². The van der Waals surface area contributed by atoms with Crippen LogP contribution in [0.4, 0.5) is 0 Å². The highest BCUT2D eigenvalue weighted by atomic mass is 35.5. The average Bonchev–Trinajstić information content (AvgIpc) is 2.68. The topological polar surface area (TPSA) is 33.2 Å². The van der Waals surface area contributed by atoms with Crippen LogP contribution in [0.5, 0.6) is 0 Å². The first kappa shape index (κ1) is 11.5. The minimum Gasteiger partial charge on any atom is -0.373 e. The minimum atomic E-state index is 0.135. The van der Waals surface area contributed by atoms with Crippen LogP contribution < -0.4 is 0 Å². The SMILES string of the molecule is CN(Cc1ccc(Cl)nc1)C1=CC(=O)SC1. The number of hydrogen-bond acceptors (Lipinski definition) is 4. The number of pyridine rings is 1. The zero-order valence-corrected chi connectivity index (χ0v) is 10.4. The predicted molar refractivity (Wildman–Crippen MR) is 66.3 cm³/mol. The molecule has 16 heavy (non-hydrogen) atoms. The highest BCUT2D eigenvalue weighted by molar-refractivity contribution is 8.14. The lowest BCUT2D eigenvalue weighted by Gasteiger charge is -2.19. The van der Waals surface area contributed by atoms with E-state index in [1.165, 1.54) is 11.8 Å². The molecule has 0 bridgehead atoms. The van der Waals surface area contributed by atoms with Crippen LogP contribution in [0.1, 0.15) is 5.56 Å². The molecule has 0 amide bonds. The van der Waals surface area contributed by atoms with Crippen molar-refractivity contribution in [1.82, 2.24) is 9.88 Å². The van der Waals surface area contributed by atoms with Gasteiger partial charge < -0.3 is 4.90 Å². The van der Waals surface area contributed by atoms with Crippen molar-refractivity contribution in [3.05, 3.63) is 40.8 Å². The second-order valence-electron chi connectivity index (χ2n) is 3.59. The molecular weight excluding hydrogens is 244 g/mol. The van der Waals surface area contributed by atoms with Crippen molar-refractivity contribution >= 4 is 28.5 Å². The summed E-state index contributed by atoms with van der Waals surface area (Å²) >= 11 is 7.05. The smallest absolute Gasteiger partial charge is 0.214 e. The van der Waals surface area contributed by atoms with Crippen LogP contribution in [0.3, 0.4) is 0 Å². The van der Waals surface area contributed by atoms with Gasteiger partial charge in [-0.05, 0) is 11.6 Å². The lowest BCUT2D eigenvalue weighted by Crippen LogP contribution is -2.17. The third-order valence-electron chi connectivity index (χ3n) is 2.35. The molecule has 5 heteroatoms. The van der Waals surface area contributed by atoms with Gasteiger partial charge in [0, 0.05) is 37.3 Å². The van der Waals surface area contributed by atoms with E-state index in [1.54, 1.807) is 18.3 Å². The first-order valence-electron chi connectivity index (χ1n) is 4.84. The first-order valence-corrected chi connectivity index (χ1v) is 6.20. The molecule has 0 aliphatic carbocycles. The maximum absolute atomic E-state index is 11.1. The molecule has 0 unspecified atom stereocenters. The van der Waals surface area contributed by atoms with Crippen LogP contribution in [0.15, 0.2) is 30.1 Å². The first-order chi connectivity index (χ1) is 7.65. The number of carbonyl (C=O) groups is 1. The van der Waals surface area contributed by atoms with E-state index in [2.05, 4.69) is 9.88 Å². The quantitative estimate of drug-likeness (QED) is 0.776. The van der Waals surface area contributed by atoms with Gasteiger partial charge in [0.1, 0.15) is 5.15 Å². The second kappa shape index (κ2) is 4.89. The summed E-state index contributed by atoms with van der Waals surface area (Å²) in [4.78, 5) is 17.2. The molecule has 0 saturated heterocycles. The Kier molecular flexibility index (Phi) is 3.51. The van der Waals surface area contributed by atoms with Crippen molar-refractivity contribution in [2.45, 2.75) is 6.54 Å². The average molecular weight is 255 g/mol. The molecule has 0 saturated carbocycles. The minimum absolute atomic E-state index is 0.135. The molecule has 0 radical (unpaired) electrons. The van der Waals surface area contributed by atoms with Crippen molar-refractivity contribution in [2.75, 3.05) is 12.8 Å². The Labute approximate surface area is 103 Å². The van der Waals surface area contributed by atoms with E-state index in [0.29, 0.717) is 5.15 Å². The summed E-state index contributed by atoms with van der Waals surface area (Å²) in [5.41, 5.74) is 2.14. The second-order valence-corrected chi connectivity index (χ2v) is 4.96. The Balaban J connectivity index is 2.02. The maximum Gasteiger partial charge on any atom is 0.214 e. The van der Waals surface area contributed by atoms with Crippen LogP contribution in [-0.4, -0.2) is 27.8 Å². The Morgan fingerprint density at radius 2 is 2.38 bits per heavy atom. The summed E-state index contributed by atoms with van der Waals surface area (Å²) < 4.78 is 0. The number of halogens is 1. The molecule has 1 aliphatic rings. The van der Waals surface area contributed by atoms with Crippen molar-refractivity contribution in [1.29, 1.82) is 0 Å². The lowest BCUT2D eigenvalue weighted by molar-refractivity contribution is -0.106. The number of thioether (sulfide) groups is 1. The summed E-state index contributed by atoms with van der Waals surface area (Å²) in [5.74, 6) is 0.760. The summed E-state index contributed by atoms with van der Waals surface area (Å²) in [6.07, 6.45) is 3.44. The number of aromatic nitrogens is 1. The van der Waals surface area contributed by atoms with Gasteiger partial charge in [-0.15, -0.1) is 0 Å². The normalized spacial score (nSPS) is 15.1. The largest absolute Gasteiger partial charge is 0.373 e. The fraction of sp³-hybridized carbons (Fsp3) is 0.273. The molecule has 0 spiro atoms. The summed E-state index contributed by atoms with van der Waals surface area (Å²) in [7, 11) is 1.97. The molecular formula is C11H11ClN2OS. The van der Waals surface area contributed by atoms with E-state index in [1.807, 2.05) is 13.1 Å². The Morgan fingerprint density at radius 1 is 1.56 bits per heavy atom. The fourth-order valence-corrected chi connectivity index (χ4v) is 2.39. The van der Waals surface area contributed by atoms with E-state index < -0.39 is 0 Å². The van der Waals surface area contributed by atoms with Gasteiger partial charge in [0.2, 0.25) is 5.12 Å². The highest BCUT2D eigenvalue weighted by Gasteiger charge is 2.16. The standard InChI is InChI=1S/C11H11ClN2OS/c1-14(9-4-11(15)16-7-9)6-8-2-3-10(12)13-5-8/h2-5H,6-7H2,1H3. The van der Waals surface area contributed by atoms with Gasteiger partial charge in [0.15, 0.2) is 0 Å². The maximum atomic E-state index is 11.1. The molecule has 1 aliphatic heterocycles. The molecule has 2 heterocycles. The van der Waals surface area contributed by atoms with Crippen molar-refractivity contribution in [3.63, 3.8) is 0 Å². The lowest BCUT2D eigenvalue weighted by atomic mass is 10.2. The van der Waals surface area contributed by atoms with E-state index >= 15 is 0 Å². The third kappa shape index (κ3) is 2.77. The van der Waals surface area contributed by atoms with E-state index in [9.17, 15) is 4.79 Å². The molecule has 0 atom stereocenters. The van der Waals surface area contributed by atoms with Crippen LogP contribution in [0.25, 0.3) is 0 Å². The van der Waals surface area contributed by atoms with Crippen LogP contribution in [0.2, 0.25) is 5.15 Å². The van der Waals surface area contributed by atoms with Gasteiger partial charge in [-0.2, -0.15) is 0 Å². The van der Waals surface area contributed by atoms with Gasteiger partial charge in [-0.3, -0.25) is 4.79 Å². The highest BCUT2D eigenvalue weighted by Crippen LogP contribution is 2.22. The Hall–Kier alpha value is -1.000. The van der Waals surface area contributed by atoms with Crippen molar-refractivity contribution < 1.29 is 4.79 Å².